The van der Waals surface area contributed by atoms with Crippen molar-refractivity contribution >= 4 is 21.6 Å². The summed E-state index contributed by atoms with van der Waals surface area (Å²) in [5.74, 6) is 0.376. The molecule has 0 fully saturated rings. The predicted molar refractivity (Wildman–Crippen MR) is 65.8 cm³/mol. The van der Waals surface area contributed by atoms with Crippen LogP contribution in [0, 0.1) is 5.92 Å². The Hall–Kier alpha value is 0.200. The summed E-state index contributed by atoms with van der Waals surface area (Å²) >= 11 is 6.13. The third-order valence-corrected chi connectivity index (χ3v) is 4.98. The van der Waals surface area contributed by atoms with Crippen molar-refractivity contribution in [2.75, 3.05) is 6.54 Å². The van der Waals surface area contributed by atoms with Gasteiger partial charge >= 0.3 is 0 Å². The molecule has 0 bridgehead atoms. The number of hydrogen-bond donors (Lipinski definition) is 1. The zero-order chi connectivity index (χ0) is 12.1. The highest BCUT2D eigenvalue weighted by Gasteiger charge is 2.20. The molecule has 1 unspecified atom stereocenters. The van der Waals surface area contributed by atoms with Gasteiger partial charge < -0.3 is 0 Å². The van der Waals surface area contributed by atoms with Crippen LogP contribution >= 0.6 is 11.6 Å². The quantitative estimate of drug-likeness (QED) is 0.710. The first-order chi connectivity index (χ1) is 6.85. The fourth-order valence-corrected chi connectivity index (χ4v) is 2.60. The molecule has 0 aromatic rings. The van der Waals surface area contributed by atoms with Gasteiger partial charge in [0, 0.05) is 11.9 Å². The maximum atomic E-state index is 11.5. The Morgan fingerprint density at radius 1 is 1.20 bits per heavy atom. The summed E-state index contributed by atoms with van der Waals surface area (Å²) in [6.07, 6.45) is 1.96. The zero-order valence-electron chi connectivity index (χ0n) is 9.96. The molecule has 15 heavy (non-hydrogen) atoms. The maximum Gasteiger partial charge on any atom is 0.213 e. The largest absolute Gasteiger partial charge is 0.214 e. The zero-order valence-corrected chi connectivity index (χ0v) is 11.5. The standard InChI is InChI=1S/C10H22ClNO2S/c1-5-9(6-2)10(11)7-12-15(13,14)8(3)4/h8-10,12H,5-7H2,1-4H3. The molecule has 1 N–H and O–H groups in total. The molecule has 3 nitrogen and oxygen atoms in total. The Labute approximate surface area is 98.6 Å². The van der Waals surface area contributed by atoms with Gasteiger partial charge in [-0.2, -0.15) is 0 Å². The minimum atomic E-state index is -3.18. The molecule has 0 aliphatic carbocycles. The lowest BCUT2D eigenvalue weighted by molar-refractivity contribution is 0.459. The molecule has 0 aliphatic rings. The first-order valence-electron chi connectivity index (χ1n) is 5.47. The molecule has 0 saturated carbocycles. The van der Waals surface area contributed by atoms with Crippen LogP contribution in [0.5, 0.6) is 0 Å². The first kappa shape index (κ1) is 15.2. The second-order valence-electron chi connectivity index (χ2n) is 4.03. The number of halogens is 1. The Bertz CT molecular complexity index is 261. The van der Waals surface area contributed by atoms with Gasteiger partial charge in [-0.1, -0.05) is 26.7 Å². The Balaban J connectivity index is 4.16. The maximum absolute atomic E-state index is 11.5. The Morgan fingerprint density at radius 2 is 1.67 bits per heavy atom. The number of alkyl halides is 1. The van der Waals surface area contributed by atoms with E-state index in [0.29, 0.717) is 12.5 Å². The van der Waals surface area contributed by atoms with Crippen LogP contribution in [0.2, 0.25) is 0 Å². The van der Waals surface area contributed by atoms with Crippen LogP contribution in [0.3, 0.4) is 0 Å². The molecule has 0 aromatic carbocycles. The molecule has 0 aliphatic heterocycles. The topological polar surface area (TPSA) is 46.2 Å². The van der Waals surface area contributed by atoms with Gasteiger partial charge in [-0.15, -0.1) is 11.6 Å². The van der Waals surface area contributed by atoms with Crippen LogP contribution < -0.4 is 4.72 Å². The van der Waals surface area contributed by atoms with Gasteiger partial charge in [-0.3, -0.25) is 0 Å². The monoisotopic (exact) mass is 255 g/mol. The third-order valence-electron chi connectivity index (χ3n) is 2.66. The molecule has 0 radical (unpaired) electrons. The van der Waals surface area contributed by atoms with Crippen molar-refractivity contribution in [3.63, 3.8) is 0 Å². The second-order valence-corrected chi connectivity index (χ2v) is 6.92. The second kappa shape index (κ2) is 6.71. The normalized spacial score (nSPS) is 14.9. The third kappa shape index (κ3) is 5.18. The van der Waals surface area contributed by atoms with Crippen LogP contribution in [0.4, 0.5) is 0 Å². The molecule has 5 heteroatoms. The van der Waals surface area contributed by atoms with Crippen LogP contribution in [0.25, 0.3) is 0 Å². The molecule has 0 saturated heterocycles. The number of nitrogens with one attached hydrogen (secondary N) is 1. The van der Waals surface area contributed by atoms with E-state index < -0.39 is 15.3 Å². The lowest BCUT2D eigenvalue weighted by Crippen LogP contribution is -2.37. The molecule has 0 rings (SSSR count). The van der Waals surface area contributed by atoms with E-state index in [4.69, 9.17) is 11.6 Å². The van der Waals surface area contributed by atoms with Crippen molar-refractivity contribution in [1.82, 2.24) is 4.72 Å². The fraction of sp³-hybridized carbons (Fsp3) is 1.00. The van der Waals surface area contributed by atoms with Gasteiger partial charge in [0.1, 0.15) is 0 Å². The highest BCUT2D eigenvalue weighted by atomic mass is 35.5. The minimum absolute atomic E-state index is 0.117. The number of rotatable bonds is 7. The summed E-state index contributed by atoms with van der Waals surface area (Å²) < 4.78 is 25.5. The average Bonchev–Trinajstić information content (AvgIpc) is 2.16. The SMILES string of the molecule is CCC(CC)C(Cl)CNS(=O)(=O)C(C)C. The highest BCUT2D eigenvalue weighted by molar-refractivity contribution is 7.90. The van der Waals surface area contributed by atoms with Gasteiger partial charge in [0.05, 0.1) is 5.25 Å². The number of hydrogen-bond acceptors (Lipinski definition) is 2. The molecular weight excluding hydrogens is 234 g/mol. The van der Waals surface area contributed by atoms with Crippen molar-refractivity contribution in [2.24, 2.45) is 5.92 Å². The lowest BCUT2D eigenvalue weighted by atomic mass is 9.99. The van der Waals surface area contributed by atoms with E-state index in [9.17, 15) is 8.42 Å². The average molecular weight is 256 g/mol. The Morgan fingerprint density at radius 3 is 2.00 bits per heavy atom. The summed E-state index contributed by atoms with van der Waals surface area (Å²) in [6, 6.07) is 0. The van der Waals surface area contributed by atoms with E-state index in [-0.39, 0.29) is 5.38 Å². The lowest BCUT2D eigenvalue weighted by Gasteiger charge is -2.20. The molecule has 1 atom stereocenters. The number of sulfonamides is 1. The summed E-state index contributed by atoms with van der Waals surface area (Å²) in [5, 5.41) is -0.517. The van der Waals surface area contributed by atoms with Gasteiger partial charge in [-0.05, 0) is 19.8 Å². The van der Waals surface area contributed by atoms with Crippen LogP contribution in [0.15, 0.2) is 0 Å². The van der Waals surface area contributed by atoms with Crippen LogP contribution in [-0.2, 0) is 10.0 Å². The minimum Gasteiger partial charge on any atom is -0.214 e. The summed E-state index contributed by atoms with van der Waals surface area (Å²) in [4.78, 5) is 0. The van der Waals surface area contributed by atoms with E-state index in [1.165, 1.54) is 0 Å². The van der Waals surface area contributed by atoms with Crippen molar-refractivity contribution in [1.29, 1.82) is 0 Å². The van der Waals surface area contributed by atoms with E-state index in [1.807, 2.05) is 0 Å². The summed E-state index contributed by atoms with van der Waals surface area (Å²) in [7, 11) is -3.18. The predicted octanol–water partition coefficient (Wildman–Crippen LogP) is 2.36. The van der Waals surface area contributed by atoms with Gasteiger partial charge in [0.25, 0.3) is 0 Å². The van der Waals surface area contributed by atoms with Crippen molar-refractivity contribution < 1.29 is 8.42 Å². The van der Waals surface area contributed by atoms with E-state index in [2.05, 4.69) is 18.6 Å². The first-order valence-corrected chi connectivity index (χ1v) is 7.45. The van der Waals surface area contributed by atoms with Gasteiger partial charge in [-0.25, -0.2) is 13.1 Å². The fourth-order valence-electron chi connectivity index (χ4n) is 1.33. The van der Waals surface area contributed by atoms with E-state index in [1.54, 1.807) is 13.8 Å². The van der Waals surface area contributed by atoms with Crippen molar-refractivity contribution in [3.05, 3.63) is 0 Å². The van der Waals surface area contributed by atoms with Crippen molar-refractivity contribution in [2.45, 2.75) is 51.2 Å². The smallest absolute Gasteiger partial charge is 0.213 e. The highest BCUT2D eigenvalue weighted by Crippen LogP contribution is 2.18. The summed E-state index contributed by atoms with van der Waals surface area (Å²) in [5.41, 5.74) is 0. The molecule has 0 amide bonds. The van der Waals surface area contributed by atoms with Crippen molar-refractivity contribution in [3.8, 4) is 0 Å². The molecule has 0 heterocycles. The van der Waals surface area contributed by atoms with Gasteiger partial charge in [0.2, 0.25) is 10.0 Å². The molecule has 0 aromatic heterocycles. The molecule has 92 valence electrons. The summed E-state index contributed by atoms with van der Waals surface area (Å²) in [6.45, 7) is 7.78. The molecule has 0 spiro atoms. The Kier molecular flexibility index (Phi) is 6.80. The van der Waals surface area contributed by atoms with Gasteiger partial charge in [0.15, 0.2) is 0 Å². The van der Waals surface area contributed by atoms with Crippen LogP contribution in [0.1, 0.15) is 40.5 Å². The van der Waals surface area contributed by atoms with E-state index >= 15 is 0 Å². The van der Waals surface area contributed by atoms with E-state index in [0.717, 1.165) is 12.8 Å². The molecular formula is C10H22ClNO2S. The van der Waals surface area contributed by atoms with Crippen LogP contribution in [-0.4, -0.2) is 25.6 Å².